The van der Waals surface area contributed by atoms with Crippen LogP contribution >= 0.6 is 0 Å². The van der Waals surface area contributed by atoms with Crippen molar-refractivity contribution in [1.29, 1.82) is 0 Å². The summed E-state index contributed by atoms with van der Waals surface area (Å²) in [6.07, 6.45) is 2.22. The molecular weight excluding hydrogens is 370 g/mol. The molecule has 3 aromatic carbocycles. The normalized spacial score (nSPS) is 18.3. The predicted octanol–water partition coefficient (Wildman–Crippen LogP) is 4.88. The van der Waals surface area contributed by atoms with E-state index in [1.807, 2.05) is 24.3 Å². The summed E-state index contributed by atoms with van der Waals surface area (Å²) in [7, 11) is 2.09. The first kappa shape index (κ1) is 20.5. The largest absolute Gasteiger partial charge is 0.366 e. The van der Waals surface area contributed by atoms with Gasteiger partial charge < -0.3 is 14.4 Å². The molecule has 0 bridgehead atoms. The van der Waals surface area contributed by atoms with Crippen molar-refractivity contribution in [3.8, 4) is 0 Å². The van der Waals surface area contributed by atoms with Gasteiger partial charge in [0.1, 0.15) is 11.7 Å². The van der Waals surface area contributed by atoms with Gasteiger partial charge in [-0.2, -0.15) is 0 Å². The van der Waals surface area contributed by atoms with Gasteiger partial charge in [-0.3, -0.25) is 0 Å². The molecule has 4 rings (SSSR count). The second kappa shape index (κ2) is 9.40. The molecule has 0 aliphatic carbocycles. The third-order valence-electron chi connectivity index (χ3n) is 5.63. The zero-order valence-corrected chi connectivity index (χ0v) is 17.5. The van der Waals surface area contributed by atoms with Crippen LogP contribution in [0.2, 0.25) is 0 Å². The number of likely N-dealkylation sites (N-methyl/N-ethyl adjacent to an activating group) is 1. The summed E-state index contributed by atoms with van der Waals surface area (Å²) in [4.78, 5) is 2.22. The fourth-order valence-corrected chi connectivity index (χ4v) is 4.06. The number of rotatable bonds is 10. The molecule has 0 radical (unpaired) electrons. The fraction of sp³-hybridized carbons (Fsp3) is 0.259. The van der Waals surface area contributed by atoms with Crippen molar-refractivity contribution in [3.63, 3.8) is 0 Å². The highest BCUT2D eigenvalue weighted by molar-refractivity contribution is 5.47. The molecule has 1 aliphatic rings. The Balaban J connectivity index is 1.65. The summed E-state index contributed by atoms with van der Waals surface area (Å²) < 4.78 is 12.8. The number of hydrogen-bond donors (Lipinski definition) is 0. The molecule has 3 aromatic rings. The van der Waals surface area contributed by atoms with Gasteiger partial charge in [-0.15, -0.1) is 6.58 Å². The minimum absolute atomic E-state index is 0.104. The molecule has 1 heterocycles. The Bertz CT molecular complexity index is 830. The van der Waals surface area contributed by atoms with Gasteiger partial charge in [-0.05, 0) is 23.7 Å². The molecule has 30 heavy (non-hydrogen) atoms. The van der Waals surface area contributed by atoms with Crippen LogP contribution in [0.25, 0.3) is 0 Å². The second-order valence-corrected chi connectivity index (χ2v) is 7.81. The van der Waals surface area contributed by atoms with Gasteiger partial charge in [0.05, 0.1) is 12.7 Å². The highest BCUT2D eigenvalue weighted by atomic mass is 16.6. The van der Waals surface area contributed by atoms with E-state index in [9.17, 15) is 0 Å². The summed E-state index contributed by atoms with van der Waals surface area (Å²) in [5.74, 6) is 0. The van der Waals surface area contributed by atoms with Gasteiger partial charge >= 0.3 is 0 Å². The minimum atomic E-state index is -0.687. The Labute approximate surface area is 179 Å². The van der Waals surface area contributed by atoms with Crippen LogP contribution in [0.4, 0.5) is 0 Å². The van der Waals surface area contributed by atoms with E-state index in [0.29, 0.717) is 6.61 Å². The van der Waals surface area contributed by atoms with E-state index in [4.69, 9.17) is 9.47 Å². The van der Waals surface area contributed by atoms with E-state index in [1.165, 1.54) is 0 Å². The quantitative estimate of drug-likeness (QED) is 0.276. The van der Waals surface area contributed by atoms with Gasteiger partial charge in [0, 0.05) is 13.1 Å². The van der Waals surface area contributed by atoms with Crippen molar-refractivity contribution in [1.82, 2.24) is 4.90 Å². The lowest BCUT2D eigenvalue weighted by atomic mass is 9.80. The summed E-state index contributed by atoms with van der Waals surface area (Å²) >= 11 is 0. The number of benzene rings is 3. The van der Waals surface area contributed by atoms with Crippen molar-refractivity contribution in [3.05, 3.63) is 120 Å². The van der Waals surface area contributed by atoms with Crippen molar-refractivity contribution in [2.24, 2.45) is 0 Å². The first-order chi connectivity index (χ1) is 14.7. The van der Waals surface area contributed by atoms with Crippen LogP contribution in [0.1, 0.15) is 16.7 Å². The monoisotopic (exact) mass is 399 g/mol. The molecule has 0 saturated carbocycles. The van der Waals surface area contributed by atoms with E-state index in [1.54, 1.807) is 0 Å². The van der Waals surface area contributed by atoms with Gasteiger partial charge in [-0.1, -0.05) is 97.1 Å². The molecule has 1 fully saturated rings. The topological polar surface area (TPSA) is 25.0 Å². The molecule has 154 valence electrons. The van der Waals surface area contributed by atoms with E-state index in [-0.39, 0.29) is 12.2 Å². The van der Waals surface area contributed by atoms with E-state index >= 15 is 0 Å². The Morgan fingerprint density at radius 2 is 1.30 bits per heavy atom. The van der Waals surface area contributed by atoms with Crippen LogP contribution < -0.4 is 0 Å². The van der Waals surface area contributed by atoms with E-state index in [0.717, 1.165) is 29.8 Å². The molecule has 0 amide bonds. The van der Waals surface area contributed by atoms with Gasteiger partial charge in [0.2, 0.25) is 0 Å². The summed E-state index contributed by atoms with van der Waals surface area (Å²) in [6, 6.07) is 31.4. The first-order valence-corrected chi connectivity index (χ1v) is 10.5. The lowest BCUT2D eigenvalue weighted by molar-refractivity contribution is 0.00426. The standard InChI is InChI=1S/C27H29NO2/c1-3-19-28(2)20-25-26(30-25)21-29-27(22-13-7-4-8-14-22,23-15-9-5-10-16-23)24-17-11-6-12-18-24/h3-18,25-26H,1,19-21H2,2H3. The first-order valence-electron chi connectivity index (χ1n) is 10.5. The summed E-state index contributed by atoms with van der Waals surface area (Å²) in [6.45, 7) is 6.08. The highest BCUT2D eigenvalue weighted by Gasteiger charge is 2.44. The van der Waals surface area contributed by atoms with Gasteiger partial charge in [0.25, 0.3) is 0 Å². The van der Waals surface area contributed by atoms with Crippen LogP contribution in [0.15, 0.2) is 104 Å². The molecule has 3 nitrogen and oxygen atoms in total. The molecule has 1 aliphatic heterocycles. The molecule has 2 atom stereocenters. The van der Waals surface area contributed by atoms with Crippen LogP contribution in [0.5, 0.6) is 0 Å². The van der Waals surface area contributed by atoms with E-state index in [2.05, 4.69) is 91.3 Å². The average Bonchev–Trinajstić information content (AvgIpc) is 3.54. The van der Waals surface area contributed by atoms with Crippen LogP contribution in [0, 0.1) is 0 Å². The minimum Gasteiger partial charge on any atom is -0.366 e. The summed E-state index contributed by atoms with van der Waals surface area (Å²) in [5, 5.41) is 0. The fourth-order valence-electron chi connectivity index (χ4n) is 4.06. The average molecular weight is 400 g/mol. The van der Waals surface area contributed by atoms with Crippen molar-refractivity contribution in [2.45, 2.75) is 17.8 Å². The third kappa shape index (κ3) is 4.39. The third-order valence-corrected chi connectivity index (χ3v) is 5.63. The van der Waals surface area contributed by atoms with Crippen LogP contribution in [-0.2, 0) is 15.1 Å². The number of ether oxygens (including phenoxy) is 2. The molecule has 3 heteroatoms. The highest BCUT2D eigenvalue weighted by Crippen LogP contribution is 2.41. The van der Waals surface area contributed by atoms with Gasteiger partial charge in [0.15, 0.2) is 0 Å². The Morgan fingerprint density at radius 1 is 0.833 bits per heavy atom. The zero-order valence-electron chi connectivity index (χ0n) is 17.5. The zero-order chi connectivity index (χ0) is 20.8. The predicted molar refractivity (Wildman–Crippen MR) is 122 cm³/mol. The number of epoxide rings is 1. The molecule has 1 saturated heterocycles. The van der Waals surface area contributed by atoms with Crippen molar-refractivity contribution >= 4 is 0 Å². The lowest BCUT2D eigenvalue weighted by Gasteiger charge is -2.35. The molecule has 2 unspecified atom stereocenters. The lowest BCUT2D eigenvalue weighted by Crippen LogP contribution is -2.35. The Hall–Kier alpha value is -2.72. The maximum absolute atomic E-state index is 6.82. The molecule has 0 N–H and O–H groups in total. The van der Waals surface area contributed by atoms with E-state index < -0.39 is 5.60 Å². The number of hydrogen-bond acceptors (Lipinski definition) is 3. The summed E-state index contributed by atoms with van der Waals surface area (Å²) in [5.41, 5.74) is 2.66. The second-order valence-electron chi connectivity index (χ2n) is 7.81. The van der Waals surface area contributed by atoms with Gasteiger partial charge in [-0.25, -0.2) is 0 Å². The van der Waals surface area contributed by atoms with Crippen LogP contribution in [-0.4, -0.2) is 43.9 Å². The Kier molecular flexibility index (Phi) is 6.44. The Morgan fingerprint density at radius 3 is 1.73 bits per heavy atom. The molecule has 0 aromatic heterocycles. The maximum Gasteiger partial charge on any atom is 0.143 e. The van der Waals surface area contributed by atoms with Crippen LogP contribution in [0.3, 0.4) is 0 Å². The molecule has 0 spiro atoms. The number of nitrogens with zero attached hydrogens (tertiary/aromatic N) is 1. The maximum atomic E-state index is 6.82. The SMILES string of the molecule is C=CCN(C)CC1OC1COC(c1ccccc1)(c1ccccc1)c1ccccc1. The van der Waals surface area contributed by atoms with Crippen molar-refractivity contribution < 1.29 is 9.47 Å². The molecular formula is C27H29NO2. The van der Waals surface area contributed by atoms with Crippen molar-refractivity contribution in [2.75, 3.05) is 26.7 Å². The smallest absolute Gasteiger partial charge is 0.143 e.